The number of urea groups is 1. The smallest absolute Gasteiger partial charge is 0.336 e. The van der Waals surface area contributed by atoms with Gasteiger partial charge in [0.15, 0.2) is 5.43 Å². The quantitative estimate of drug-likeness (QED) is 0.0248. The molecule has 0 bridgehead atoms. The number of unbranched alkanes of at least 4 members (excludes halogenated alkanes) is 1. The van der Waals surface area contributed by atoms with Crippen molar-refractivity contribution in [3.05, 3.63) is 70.4 Å². The summed E-state index contributed by atoms with van der Waals surface area (Å²) in [6, 6.07) is 14.3. The van der Waals surface area contributed by atoms with Crippen molar-refractivity contribution in [2.45, 2.75) is 68.7 Å². The Morgan fingerprint density at radius 2 is 1.55 bits per heavy atom. The Hall–Kier alpha value is -4.54. The molecule has 298 valence electrons. The number of aromatic carboxylic acids is 1. The number of hydrogen-bond acceptors (Lipinski definition) is 11. The number of ether oxygens (including phenoxy) is 3. The SMILES string of the molecule is O=C(CCCC[C@@H]1SC[C@@H]2NC(=O)N[C@@H]21)CCCOCCOCCOCCCC(=S)Nc1ccc(-c2c3ccc(=O)cc-3oc3cc(O)ccc23)c(C(=O)O)c1. The zero-order chi connectivity index (χ0) is 39.4. The molecular weight excluding hydrogens is 759 g/mol. The number of phenolic OH excluding ortho intramolecular Hbond substituents is 1. The fourth-order valence-electron chi connectivity index (χ4n) is 7.07. The fraction of sp³-hybridized carbons (Fsp3) is 0.439. The van der Waals surface area contributed by atoms with E-state index >= 15 is 0 Å². The molecule has 56 heavy (non-hydrogen) atoms. The molecule has 2 fully saturated rings. The van der Waals surface area contributed by atoms with Gasteiger partial charge in [-0.3, -0.25) is 9.59 Å². The van der Waals surface area contributed by atoms with Crippen LogP contribution in [0.5, 0.6) is 5.75 Å². The molecule has 4 aliphatic rings. The van der Waals surface area contributed by atoms with Crippen LogP contribution >= 0.6 is 24.0 Å². The van der Waals surface area contributed by atoms with E-state index in [1.165, 1.54) is 30.3 Å². The number of thiocarbonyl (C=S) groups is 1. The van der Waals surface area contributed by atoms with Crippen LogP contribution in [0.3, 0.4) is 0 Å². The van der Waals surface area contributed by atoms with E-state index in [2.05, 4.69) is 16.0 Å². The van der Waals surface area contributed by atoms with Gasteiger partial charge in [-0.15, -0.1) is 0 Å². The number of ketones is 1. The molecule has 2 aromatic rings. The van der Waals surface area contributed by atoms with Gasteiger partial charge in [-0.2, -0.15) is 11.8 Å². The van der Waals surface area contributed by atoms with Crippen LogP contribution in [0.4, 0.5) is 10.5 Å². The summed E-state index contributed by atoms with van der Waals surface area (Å²) in [5.74, 6) is 0.337. The third-order valence-electron chi connectivity index (χ3n) is 9.79. The number of amides is 2. The summed E-state index contributed by atoms with van der Waals surface area (Å²) in [5, 5.41) is 30.4. The highest BCUT2D eigenvalue weighted by atomic mass is 32.2. The van der Waals surface area contributed by atoms with Gasteiger partial charge < -0.3 is 44.8 Å². The first-order chi connectivity index (χ1) is 27.2. The first kappa shape index (κ1) is 41.1. The van der Waals surface area contributed by atoms with E-state index < -0.39 is 5.97 Å². The second kappa shape index (κ2) is 20.1. The Balaban J connectivity index is 0.820. The Bertz CT molecular complexity index is 2060. The summed E-state index contributed by atoms with van der Waals surface area (Å²) in [6.45, 7) is 2.74. The molecule has 3 aliphatic heterocycles. The number of carbonyl (C=O) groups is 3. The van der Waals surface area contributed by atoms with Crippen LogP contribution in [0.15, 0.2) is 63.8 Å². The maximum Gasteiger partial charge on any atom is 0.336 e. The van der Waals surface area contributed by atoms with Crippen LogP contribution in [-0.2, 0) is 19.0 Å². The lowest BCUT2D eigenvalue weighted by molar-refractivity contribution is -0.119. The molecule has 2 amide bonds. The second-order valence-electron chi connectivity index (χ2n) is 13.9. The average molecular weight is 806 g/mol. The topological polar surface area (TPSA) is 186 Å². The average Bonchev–Trinajstić information content (AvgIpc) is 3.73. The largest absolute Gasteiger partial charge is 0.508 e. The molecule has 5 N–H and O–H groups in total. The molecule has 1 aliphatic carbocycles. The summed E-state index contributed by atoms with van der Waals surface area (Å²) >= 11 is 7.42. The minimum atomic E-state index is -1.14. The number of hydrogen-bond donors (Lipinski definition) is 5. The minimum Gasteiger partial charge on any atom is -0.508 e. The monoisotopic (exact) mass is 805 g/mol. The van der Waals surface area contributed by atoms with Crippen molar-refractivity contribution in [2.75, 3.05) is 50.7 Å². The van der Waals surface area contributed by atoms with E-state index in [1.807, 2.05) is 11.8 Å². The second-order valence-corrected chi connectivity index (χ2v) is 15.6. The molecule has 6 rings (SSSR count). The Morgan fingerprint density at radius 3 is 2.32 bits per heavy atom. The number of benzene rings is 3. The maximum atomic E-state index is 12.5. The molecule has 2 saturated heterocycles. The van der Waals surface area contributed by atoms with E-state index in [0.717, 1.165) is 25.0 Å². The number of carbonyl (C=O) groups excluding carboxylic acids is 2. The van der Waals surface area contributed by atoms with E-state index in [9.17, 15) is 29.4 Å². The molecule has 3 heterocycles. The van der Waals surface area contributed by atoms with E-state index in [4.69, 9.17) is 30.8 Å². The molecule has 0 unspecified atom stereocenters. The van der Waals surface area contributed by atoms with Gasteiger partial charge in [-0.1, -0.05) is 24.7 Å². The Labute approximate surface area is 334 Å². The van der Waals surface area contributed by atoms with Crippen molar-refractivity contribution >= 4 is 63.4 Å². The minimum absolute atomic E-state index is 0.0224. The van der Waals surface area contributed by atoms with Crippen LogP contribution in [-0.4, -0.2) is 95.7 Å². The normalized spacial score (nSPS) is 17.5. The number of aromatic hydroxyl groups is 1. The zero-order valence-electron chi connectivity index (χ0n) is 31.0. The number of rotatable bonds is 22. The van der Waals surface area contributed by atoms with Crippen molar-refractivity contribution in [2.24, 2.45) is 0 Å². The van der Waals surface area contributed by atoms with Crippen LogP contribution in [0.25, 0.3) is 33.4 Å². The number of carboxylic acid groups (broad SMARTS) is 1. The van der Waals surface area contributed by atoms with Gasteiger partial charge in [0, 0.05) is 77.8 Å². The summed E-state index contributed by atoms with van der Waals surface area (Å²) in [6.07, 6.45) is 5.89. The maximum absolute atomic E-state index is 12.5. The summed E-state index contributed by atoms with van der Waals surface area (Å²) in [7, 11) is 0. The number of Topliss-reactive ketones (excluding diaryl/α,β-unsaturated/α-hetero) is 1. The first-order valence-corrected chi connectivity index (χ1v) is 20.4. The van der Waals surface area contributed by atoms with Crippen molar-refractivity contribution in [3.63, 3.8) is 0 Å². The van der Waals surface area contributed by atoms with Gasteiger partial charge in [0.1, 0.15) is 22.9 Å². The standard InChI is InChI=1S/C41H47N3O10S2/c45-26(5-1-2-7-36-39-33(24-56-36)43-41(50)44-39)6-3-15-51-17-19-53-20-18-52-16-4-8-37(55)42-25-9-12-29(32(21-25)40(48)49)38-30-13-10-27(46)22-34(30)54-35-23-28(47)11-14-31(35)38/h9-14,21-23,33,36,39,46H,1-8,15-20,24H2,(H,42,55)(H,48,49)(H2,43,44,50)/t33-,36-,39-/m0/s1. The number of nitrogens with one attached hydrogen (secondary N) is 3. The lowest BCUT2D eigenvalue weighted by atomic mass is 9.90. The van der Waals surface area contributed by atoms with Gasteiger partial charge >= 0.3 is 12.0 Å². The van der Waals surface area contributed by atoms with Crippen molar-refractivity contribution in [1.29, 1.82) is 0 Å². The van der Waals surface area contributed by atoms with E-state index in [-0.39, 0.29) is 46.4 Å². The third kappa shape index (κ3) is 11.1. The van der Waals surface area contributed by atoms with Crippen LogP contribution < -0.4 is 21.4 Å². The van der Waals surface area contributed by atoms with Crippen molar-refractivity contribution < 1.29 is 43.2 Å². The fourth-order valence-corrected chi connectivity index (χ4v) is 8.88. The molecule has 15 heteroatoms. The number of phenols is 1. The van der Waals surface area contributed by atoms with E-state index in [1.54, 1.807) is 24.3 Å². The van der Waals surface area contributed by atoms with Gasteiger partial charge in [0.25, 0.3) is 0 Å². The Morgan fingerprint density at radius 1 is 0.839 bits per heavy atom. The summed E-state index contributed by atoms with van der Waals surface area (Å²) in [5.41, 5.74) is 2.17. The summed E-state index contributed by atoms with van der Waals surface area (Å²) in [4.78, 5) is 48.9. The van der Waals surface area contributed by atoms with E-state index in [0.29, 0.717) is 115 Å². The predicted octanol–water partition coefficient (Wildman–Crippen LogP) is 6.61. The highest BCUT2D eigenvalue weighted by molar-refractivity contribution is 8.00. The molecular formula is C41H47N3O10S2. The van der Waals surface area contributed by atoms with Crippen molar-refractivity contribution in [1.82, 2.24) is 10.6 Å². The highest BCUT2D eigenvalue weighted by Crippen LogP contribution is 2.42. The van der Waals surface area contributed by atoms with Crippen molar-refractivity contribution in [3.8, 4) is 28.2 Å². The lowest BCUT2D eigenvalue weighted by Gasteiger charge is -2.17. The number of anilines is 1. The molecule has 0 radical (unpaired) electrons. The lowest BCUT2D eigenvalue weighted by Crippen LogP contribution is -2.36. The number of thioether (sulfide) groups is 1. The summed E-state index contributed by atoms with van der Waals surface area (Å²) < 4.78 is 22.7. The number of fused-ring (bicyclic) bond motifs is 3. The highest BCUT2D eigenvalue weighted by Gasteiger charge is 2.42. The van der Waals surface area contributed by atoms with Crippen LogP contribution in [0.2, 0.25) is 0 Å². The molecule has 3 atom stereocenters. The zero-order valence-corrected chi connectivity index (χ0v) is 32.6. The molecule has 0 spiro atoms. The number of carboxylic acids is 1. The molecule has 2 aromatic carbocycles. The predicted molar refractivity (Wildman–Crippen MR) is 219 cm³/mol. The molecule has 0 saturated carbocycles. The molecule has 13 nitrogen and oxygen atoms in total. The molecule has 0 aromatic heterocycles. The van der Waals surface area contributed by atoms with Gasteiger partial charge in [-0.05, 0) is 67.6 Å². The third-order valence-corrected chi connectivity index (χ3v) is 11.6. The van der Waals surface area contributed by atoms with Gasteiger partial charge in [0.05, 0.1) is 49.1 Å². The van der Waals surface area contributed by atoms with Crippen LogP contribution in [0, 0.1) is 0 Å². The first-order valence-electron chi connectivity index (χ1n) is 19.0. The van der Waals surface area contributed by atoms with Gasteiger partial charge in [-0.25, -0.2) is 9.59 Å². The van der Waals surface area contributed by atoms with Gasteiger partial charge in [0.2, 0.25) is 0 Å². The Kier molecular flexibility index (Phi) is 14.7. The van der Waals surface area contributed by atoms with Crippen LogP contribution in [0.1, 0.15) is 61.7 Å².